The fourth-order valence-corrected chi connectivity index (χ4v) is 7.32. The Bertz CT molecular complexity index is 542. The summed E-state index contributed by atoms with van der Waals surface area (Å²) in [6.07, 6.45) is 9.63. The number of rotatable bonds is 0. The molecule has 0 aromatic carbocycles. The van der Waals surface area contributed by atoms with Gasteiger partial charge in [0.2, 0.25) is 0 Å². The number of Topliss-reactive ketones (excluding diaryl/α,β-unsaturated/α-hetero) is 1. The fourth-order valence-electron chi connectivity index (χ4n) is 6.39. The summed E-state index contributed by atoms with van der Waals surface area (Å²) >= 11 is 3.64. The molecule has 0 aromatic heterocycles. The Morgan fingerprint density at radius 2 is 1.91 bits per heavy atom. The first-order valence-corrected chi connectivity index (χ1v) is 9.84. The lowest BCUT2D eigenvalue weighted by Crippen LogP contribution is -2.50. The van der Waals surface area contributed by atoms with Gasteiger partial charge in [-0.15, -0.1) is 0 Å². The standard InChI is InChI=1S/C19H27BrO2/c1-18-7-5-12(21)9-11(18)3-4-13-14(18)6-8-19(2)15(13)10-16(20)17(19)22/h3,12-16,21H,4-10H2,1-2H3/t12-,13+,14-,15?,16+,18-,19-/m1/s1. The van der Waals surface area contributed by atoms with Crippen molar-refractivity contribution in [2.75, 3.05) is 0 Å². The average Bonchev–Trinajstić information content (AvgIpc) is 2.72. The van der Waals surface area contributed by atoms with Crippen LogP contribution in [-0.2, 0) is 4.79 Å². The normalized spacial score (nSPS) is 54.3. The largest absolute Gasteiger partial charge is 0.393 e. The summed E-state index contributed by atoms with van der Waals surface area (Å²) in [6.45, 7) is 4.66. The average molecular weight is 367 g/mol. The SMILES string of the molecule is C[C@@]12CC[C@@H]3[C@H](CC=C4C[C@H](O)CC[C@]43C)C1C[C@H](Br)C2=O. The van der Waals surface area contributed by atoms with Crippen LogP contribution in [0.5, 0.6) is 0 Å². The van der Waals surface area contributed by atoms with Gasteiger partial charge in [0.05, 0.1) is 10.9 Å². The van der Waals surface area contributed by atoms with Gasteiger partial charge in [0.15, 0.2) is 5.78 Å². The molecule has 4 aliphatic rings. The number of alkyl halides is 1. The molecule has 4 rings (SSSR count). The van der Waals surface area contributed by atoms with Crippen molar-refractivity contribution >= 4 is 21.7 Å². The summed E-state index contributed by atoms with van der Waals surface area (Å²) in [4.78, 5) is 12.7. The number of fused-ring (bicyclic) bond motifs is 5. The van der Waals surface area contributed by atoms with Crippen LogP contribution in [0, 0.1) is 28.6 Å². The number of aliphatic hydroxyl groups is 1. The highest BCUT2D eigenvalue weighted by Crippen LogP contribution is 2.64. The Hall–Kier alpha value is -0.150. The Labute approximate surface area is 141 Å². The number of ketones is 1. The predicted molar refractivity (Wildman–Crippen MR) is 90.8 cm³/mol. The summed E-state index contributed by atoms with van der Waals surface area (Å²) in [5.74, 6) is 2.37. The van der Waals surface area contributed by atoms with Crippen LogP contribution in [0.1, 0.15) is 58.8 Å². The van der Waals surface area contributed by atoms with Gasteiger partial charge in [-0.3, -0.25) is 4.79 Å². The quantitative estimate of drug-likeness (QED) is 0.513. The molecule has 2 nitrogen and oxygen atoms in total. The predicted octanol–water partition coefficient (Wildman–Crippen LogP) is 4.25. The number of aliphatic hydroxyl groups excluding tert-OH is 1. The molecule has 22 heavy (non-hydrogen) atoms. The van der Waals surface area contributed by atoms with Crippen molar-refractivity contribution in [2.24, 2.45) is 28.6 Å². The van der Waals surface area contributed by atoms with E-state index in [9.17, 15) is 9.90 Å². The molecule has 0 amide bonds. The van der Waals surface area contributed by atoms with Crippen LogP contribution in [-0.4, -0.2) is 21.8 Å². The molecule has 1 N–H and O–H groups in total. The number of hydrogen-bond acceptors (Lipinski definition) is 2. The first-order chi connectivity index (χ1) is 10.4. The van der Waals surface area contributed by atoms with E-state index >= 15 is 0 Å². The van der Waals surface area contributed by atoms with Gasteiger partial charge in [-0.1, -0.05) is 41.4 Å². The van der Waals surface area contributed by atoms with E-state index in [0.717, 1.165) is 38.5 Å². The maximum atomic E-state index is 12.6. The first kappa shape index (κ1) is 15.4. The third-order valence-electron chi connectivity index (χ3n) is 7.78. The number of halogens is 1. The van der Waals surface area contributed by atoms with Gasteiger partial charge in [-0.2, -0.15) is 0 Å². The van der Waals surface area contributed by atoms with E-state index in [2.05, 4.69) is 35.9 Å². The van der Waals surface area contributed by atoms with Crippen molar-refractivity contribution in [1.29, 1.82) is 0 Å². The smallest absolute Gasteiger partial charge is 0.152 e. The van der Waals surface area contributed by atoms with Crippen LogP contribution in [0.4, 0.5) is 0 Å². The van der Waals surface area contributed by atoms with Crippen LogP contribution < -0.4 is 0 Å². The van der Waals surface area contributed by atoms with Crippen molar-refractivity contribution < 1.29 is 9.90 Å². The van der Waals surface area contributed by atoms with E-state index < -0.39 is 0 Å². The van der Waals surface area contributed by atoms with Gasteiger partial charge in [-0.25, -0.2) is 0 Å². The van der Waals surface area contributed by atoms with Gasteiger partial charge in [0, 0.05) is 5.41 Å². The summed E-state index contributed by atoms with van der Waals surface area (Å²) in [5, 5.41) is 10.0. The van der Waals surface area contributed by atoms with Gasteiger partial charge in [-0.05, 0) is 68.1 Å². The Kier molecular flexibility index (Phi) is 3.44. The minimum Gasteiger partial charge on any atom is -0.393 e. The number of carbonyl (C=O) groups excluding carboxylic acids is 1. The van der Waals surface area contributed by atoms with Crippen molar-refractivity contribution in [3.63, 3.8) is 0 Å². The molecule has 1 unspecified atom stereocenters. The third-order valence-corrected chi connectivity index (χ3v) is 8.57. The molecule has 122 valence electrons. The Morgan fingerprint density at radius 1 is 1.18 bits per heavy atom. The van der Waals surface area contributed by atoms with E-state index in [1.165, 1.54) is 12.0 Å². The second kappa shape index (κ2) is 4.92. The Morgan fingerprint density at radius 3 is 2.68 bits per heavy atom. The molecule has 0 heterocycles. The second-order valence-electron chi connectivity index (χ2n) is 8.68. The molecule has 0 aromatic rings. The minimum absolute atomic E-state index is 0.0765. The minimum atomic E-state index is -0.135. The Balaban J connectivity index is 1.70. The van der Waals surface area contributed by atoms with Crippen molar-refractivity contribution in [1.82, 2.24) is 0 Å². The number of allylic oxidation sites excluding steroid dienone is 1. The lowest BCUT2D eigenvalue weighted by molar-refractivity contribution is -0.131. The lowest BCUT2D eigenvalue weighted by Gasteiger charge is -2.56. The van der Waals surface area contributed by atoms with Crippen molar-refractivity contribution in [3.8, 4) is 0 Å². The van der Waals surface area contributed by atoms with E-state index in [1.54, 1.807) is 0 Å². The number of carbonyl (C=O) groups is 1. The summed E-state index contributed by atoms with van der Waals surface area (Å²) in [7, 11) is 0. The molecule has 0 radical (unpaired) electrons. The highest BCUT2D eigenvalue weighted by Gasteiger charge is 2.60. The molecule has 0 aliphatic heterocycles. The van der Waals surface area contributed by atoms with E-state index in [0.29, 0.717) is 23.5 Å². The summed E-state index contributed by atoms with van der Waals surface area (Å²) in [6, 6.07) is 0. The van der Waals surface area contributed by atoms with Crippen molar-refractivity contribution in [3.05, 3.63) is 11.6 Å². The zero-order chi connectivity index (χ0) is 15.7. The second-order valence-corrected chi connectivity index (χ2v) is 9.78. The van der Waals surface area contributed by atoms with Gasteiger partial charge >= 0.3 is 0 Å². The fraction of sp³-hybridized carbons (Fsp3) is 0.842. The molecule has 4 aliphatic carbocycles. The van der Waals surface area contributed by atoms with Crippen LogP contribution in [0.15, 0.2) is 11.6 Å². The van der Waals surface area contributed by atoms with Gasteiger partial charge in [0.1, 0.15) is 0 Å². The number of hydrogen-bond donors (Lipinski definition) is 1. The topological polar surface area (TPSA) is 37.3 Å². The molecule has 3 saturated carbocycles. The zero-order valence-corrected chi connectivity index (χ0v) is 15.2. The van der Waals surface area contributed by atoms with Crippen LogP contribution in [0.2, 0.25) is 0 Å². The van der Waals surface area contributed by atoms with E-state index in [-0.39, 0.29) is 21.8 Å². The van der Waals surface area contributed by atoms with E-state index in [4.69, 9.17) is 0 Å². The molecule has 0 bridgehead atoms. The summed E-state index contributed by atoms with van der Waals surface area (Å²) < 4.78 is 0. The molecule has 7 atom stereocenters. The zero-order valence-electron chi connectivity index (χ0n) is 13.6. The van der Waals surface area contributed by atoms with Crippen LogP contribution in [0.25, 0.3) is 0 Å². The highest BCUT2D eigenvalue weighted by atomic mass is 79.9. The van der Waals surface area contributed by atoms with E-state index in [1.807, 2.05) is 0 Å². The third kappa shape index (κ3) is 1.90. The maximum Gasteiger partial charge on any atom is 0.152 e. The monoisotopic (exact) mass is 366 g/mol. The van der Waals surface area contributed by atoms with Crippen LogP contribution >= 0.6 is 15.9 Å². The first-order valence-electron chi connectivity index (χ1n) is 8.92. The van der Waals surface area contributed by atoms with Gasteiger partial charge in [0.25, 0.3) is 0 Å². The summed E-state index contributed by atoms with van der Waals surface area (Å²) in [5.41, 5.74) is 1.69. The van der Waals surface area contributed by atoms with Crippen molar-refractivity contribution in [2.45, 2.75) is 69.7 Å². The molecular formula is C19H27BrO2. The lowest BCUT2D eigenvalue weighted by atomic mass is 9.48. The molecule has 3 fully saturated rings. The molecule has 0 saturated heterocycles. The molecular weight excluding hydrogens is 340 g/mol. The maximum absolute atomic E-state index is 12.6. The highest BCUT2D eigenvalue weighted by molar-refractivity contribution is 9.10. The van der Waals surface area contributed by atoms with Gasteiger partial charge < -0.3 is 5.11 Å². The molecule has 0 spiro atoms. The molecule has 3 heteroatoms. The van der Waals surface area contributed by atoms with Crippen LogP contribution in [0.3, 0.4) is 0 Å².